The summed E-state index contributed by atoms with van der Waals surface area (Å²) in [6, 6.07) is 14.7. The maximum atomic E-state index is 12.8. The number of fused-ring (bicyclic) bond motifs is 1. The lowest BCUT2D eigenvalue weighted by Crippen LogP contribution is -2.49. The molecule has 2 atom stereocenters. The number of benzene rings is 3. The van der Waals surface area contributed by atoms with Crippen molar-refractivity contribution >= 4 is 52.0 Å². The molecule has 184 valence electrons. The topological polar surface area (TPSA) is 100 Å². The number of ether oxygens (including phenoxy) is 1. The van der Waals surface area contributed by atoms with E-state index in [0.29, 0.717) is 22.8 Å². The number of carbonyl (C=O) groups is 2. The second kappa shape index (κ2) is 11.9. The quantitative estimate of drug-likeness (QED) is 0.266. The van der Waals surface area contributed by atoms with Crippen LogP contribution in [0.5, 0.6) is 11.5 Å². The van der Waals surface area contributed by atoms with Gasteiger partial charge in [-0.25, -0.2) is 5.43 Å². The zero-order chi connectivity index (χ0) is 25.5. The summed E-state index contributed by atoms with van der Waals surface area (Å²) in [6.07, 6.45) is 0.867. The molecule has 0 bridgehead atoms. The molecule has 0 radical (unpaired) electrons. The Hall–Kier alpha value is -3.29. The van der Waals surface area contributed by atoms with Crippen molar-refractivity contribution in [1.29, 1.82) is 0 Å². The third-order valence-electron chi connectivity index (χ3n) is 5.22. The summed E-state index contributed by atoms with van der Waals surface area (Å²) in [6.45, 7) is 5.45. The fourth-order valence-corrected chi connectivity index (χ4v) is 3.92. The molecule has 0 aromatic heterocycles. The maximum absolute atomic E-state index is 12.8. The molecule has 3 N–H and O–H groups in total. The Bertz CT molecular complexity index is 1250. The summed E-state index contributed by atoms with van der Waals surface area (Å²) in [5, 5.41) is 19.4. The molecule has 0 aliphatic rings. The van der Waals surface area contributed by atoms with Crippen LogP contribution < -0.4 is 15.5 Å². The van der Waals surface area contributed by atoms with E-state index in [-0.39, 0.29) is 16.7 Å². The van der Waals surface area contributed by atoms with E-state index in [1.54, 1.807) is 31.2 Å². The van der Waals surface area contributed by atoms with Crippen molar-refractivity contribution in [3.05, 3.63) is 70.2 Å². The van der Waals surface area contributed by atoms with Gasteiger partial charge in [0.2, 0.25) is 0 Å². The predicted molar refractivity (Wildman–Crippen MR) is 139 cm³/mol. The second-order valence-electron chi connectivity index (χ2n) is 8.48. The molecule has 0 saturated heterocycles. The van der Waals surface area contributed by atoms with E-state index < -0.39 is 24.0 Å². The standard InChI is InChI=1S/C26H27Cl2N3O4/c1-15(2)12-22(30-25(33)16(3)35-24-11-9-18(27)13-21(24)28)26(34)31-29-14-20-19-7-5-4-6-17(19)8-10-23(20)32/h4-11,13-16,22,32H,12H2,1-3H3,(H,30,33)(H,31,34)/b29-14-/t16-,22-/m0/s1. The summed E-state index contributed by atoms with van der Waals surface area (Å²) in [4.78, 5) is 25.6. The third-order valence-corrected chi connectivity index (χ3v) is 5.75. The third kappa shape index (κ3) is 7.10. The molecule has 0 aliphatic heterocycles. The summed E-state index contributed by atoms with van der Waals surface area (Å²) in [5.74, 6) is -0.491. The Morgan fingerprint density at radius 2 is 1.80 bits per heavy atom. The SMILES string of the molecule is CC(C)C[C@H](NC(=O)[C@H](C)Oc1ccc(Cl)cc1Cl)C(=O)N/N=C\c1c(O)ccc2ccccc12. The Morgan fingerprint density at radius 1 is 1.06 bits per heavy atom. The van der Waals surface area contributed by atoms with Gasteiger partial charge in [0.15, 0.2) is 6.10 Å². The molecule has 0 spiro atoms. The van der Waals surface area contributed by atoms with Crippen molar-refractivity contribution < 1.29 is 19.4 Å². The first-order valence-electron chi connectivity index (χ1n) is 11.1. The summed E-state index contributed by atoms with van der Waals surface area (Å²) in [5.41, 5.74) is 2.95. The van der Waals surface area contributed by atoms with E-state index in [1.165, 1.54) is 12.3 Å². The van der Waals surface area contributed by atoms with Gasteiger partial charge in [0, 0.05) is 10.6 Å². The fourth-order valence-electron chi connectivity index (χ4n) is 3.46. The van der Waals surface area contributed by atoms with E-state index in [1.807, 2.05) is 38.1 Å². The minimum atomic E-state index is -0.910. The average molecular weight is 516 g/mol. The number of nitrogens with zero attached hydrogens (tertiary/aromatic N) is 1. The minimum absolute atomic E-state index is 0.0422. The smallest absolute Gasteiger partial charge is 0.262 e. The number of aromatic hydroxyl groups is 1. The Labute approximate surface area is 214 Å². The van der Waals surface area contributed by atoms with Crippen molar-refractivity contribution in [3.8, 4) is 11.5 Å². The van der Waals surface area contributed by atoms with E-state index in [2.05, 4.69) is 15.8 Å². The van der Waals surface area contributed by atoms with Crippen LogP contribution in [0.25, 0.3) is 10.8 Å². The highest BCUT2D eigenvalue weighted by Crippen LogP contribution is 2.28. The molecular formula is C26H27Cl2N3O4. The van der Waals surface area contributed by atoms with E-state index >= 15 is 0 Å². The maximum Gasteiger partial charge on any atom is 0.262 e. The molecule has 3 rings (SSSR count). The van der Waals surface area contributed by atoms with Crippen LogP contribution in [0.1, 0.15) is 32.8 Å². The number of hydrogen-bond acceptors (Lipinski definition) is 5. The summed E-state index contributed by atoms with van der Waals surface area (Å²) >= 11 is 12.0. The minimum Gasteiger partial charge on any atom is -0.507 e. The number of phenolic OH excluding ortho intramolecular Hbond substituents is 1. The number of hydrogen-bond donors (Lipinski definition) is 3. The number of halogens is 2. The van der Waals surface area contributed by atoms with Gasteiger partial charge in [-0.15, -0.1) is 0 Å². The van der Waals surface area contributed by atoms with Gasteiger partial charge in [0.1, 0.15) is 17.5 Å². The van der Waals surface area contributed by atoms with Gasteiger partial charge >= 0.3 is 0 Å². The lowest BCUT2D eigenvalue weighted by Gasteiger charge is -2.22. The summed E-state index contributed by atoms with van der Waals surface area (Å²) < 4.78 is 5.65. The number of amides is 2. The lowest BCUT2D eigenvalue weighted by molar-refractivity contribution is -0.132. The monoisotopic (exact) mass is 515 g/mol. The van der Waals surface area contributed by atoms with Crippen molar-refractivity contribution in [2.75, 3.05) is 0 Å². The molecule has 0 unspecified atom stereocenters. The van der Waals surface area contributed by atoms with Gasteiger partial charge in [0.25, 0.3) is 11.8 Å². The Morgan fingerprint density at radius 3 is 2.51 bits per heavy atom. The van der Waals surface area contributed by atoms with Crippen LogP contribution in [-0.2, 0) is 9.59 Å². The molecule has 0 fully saturated rings. The first-order chi connectivity index (χ1) is 16.7. The van der Waals surface area contributed by atoms with Crippen molar-refractivity contribution in [2.45, 2.75) is 39.3 Å². The molecule has 0 heterocycles. The van der Waals surface area contributed by atoms with Crippen LogP contribution in [0.4, 0.5) is 0 Å². The van der Waals surface area contributed by atoms with E-state index in [4.69, 9.17) is 27.9 Å². The zero-order valence-electron chi connectivity index (χ0n) is 19.6. The highest BCUT2D eigenvalue weighted by Gasteiger charge is 2.25. The highest BCUT2D eigenvalue weighted by atomic mass is 35.5. The van der Waals surface area contributed by atoms with E-state index in [0.717, 1.165) is 10.8 Å². The van der Waals surface area contributed by atoms with Gasteiger partial charge in [-0.05, 0) is 54.3 Å². The molecule has 3 aromatic carbocycles. The molecule has 0 aliphatic carbocycles. The second-order valence-corrected chi connectivity index (χ2v) is 9.32. The van der Waals surface area contributed by atoms with Gasteiger partial charge in [0.05, 0.1) is 11.2 Å². The van der Waals surface area contributed by atoms with Crippen LogP contribution in [-0.4, -0.2) is 35.3 Å². The number of rotatable bonds is 9. The predicted octanol–water partition coefficient (Wildman–Crippen LogP) is 5.30. The van der Waals surface area contributed by atoms with Crippen molar-refractivity contribution in [2.24, 2.45) is 11.0 Å². The van der Waals surface area contributed by atoms with Gasteiger partial charge < -0.3 is 15.2 Å². The largest absolute Gasteiger partial charge is 0.507 e. The average Bonchev–Trinajstić information content (AvgIpc) is 2.81. The van der Waals surface area contributed by atoms with Gasteiger partial charge in [-0.1, -0.05) is 67.4 Å². The van der Waals surface area contributed by atoms with Crippen LogP contribution in [0.15, 0.2) is 59.7 Å². The lowest BCUT2D eigenvalue weighted by atomic mass is 10.0. The summed E-state index contributed by atoms with van der Waals surface area (Å²) in [7, 11) is 0. The fraction of sp³-hybridized carbons (Fsp3) is 0.269. The van der Waals surface area contributed by atoms with Gasteiger partial charge in [-0.3, -0.25) is 9.59 Å². The molecular weight excluding hydrogens is 489 g/mol. The molecule has 2 amide bonds. The van der Waals surface area contributed by atoms with Crippen molar-refractivity contribution in [1.82, 2.24) is 10.7 Å². The molecule has 3 aromatic rings. The van der Waals surface area contributed by atoms with Gasteiger partial charge in [-0.2, -0.15) is 5.10 Å². The van der Waals surface area contributed by atoms with Crippen molar-refractivity contribution in [3.63, 3.8) is 0 Å². The molecule has 35 heavy (non-hydrogen) atoms. The molecule has 9 heteroatoms. The number of carbonyl (C=O) groups excluding carboxylic acids is 2. The molecule has 0 saturated carbocycles. The van der Waals surface area contributed by atoms with Crippen LogP contribution >= 0.6 is 23.2 Å². The zero-order valence-corrected chi connectivity index (χ0v) is 21.1. The Balaban J connectivity index is 1.68. The first-order valence-corrected chi connectivity index (χ1v) is 11.9. The van der Waals surface area contributed by atoms with Crippen LogP contribution in [0, 0.1) is 5.92 Å². The number of phenols is 1. The van der Waals surface area contributed by atoms with Crippen LogP contribution in [0.3, 0.4) is 0 Å². The van der Waals surface area contributed by atoms with Crippen LogP contribution in [0.2, 0.25) is 10.0 Å². The Kier molecular flexibility index (Phi) is 8.95. The highest BCUT2D eigenvalue weighted by molar-refractivity contribution is 6.35. The normalized spacial score (nSPS) is 13.1. The number of nitrogens with one attached hydrogen (secondary N) is 2. The number of hydrazone groups is 1. The van der Waals surface area contributed by atoms with E-state index in [9.17, 15) is 14.7 Å². The first kappa shape index (κ1) is 26.3. The molecule has 7 nitrogen and oxygen atoms in total.